The van der Waals surface area contributed by atoms with Gasteiger partial charge in [-0.3, -0.25) is 0 Å². The summed E-state index contributed by atoms with van der Waals surface area (Å²) in [4.78, 5) is 4.44. The molecule has 0 spiro atoms. The molecule has 0 aliphatic rings. The van der Waals surface area contributed by atoms with Crippen LogP contribution >= 0.6 is 0 Å². The molecule has 3 heterocycles. The highest BCUT2D eigenvalue weighted by molar-refractivity contribution is 6.09. The molecule has 3 nitrogen and oxygen atoms in total. The molecular formula is C27H25N2O+. The summed E-state index contributed by atoms with van der Waals surface area (Å²) in [5.74, 6) is 0.484. The summed E-state index contributed by atoms with van der Waals surface area (Å²) in [7, 11) is 2.10. The molecule has 0 saturated carbocycles. The summed E-state index contributed by atoms with van der Waals surface area (Å²) in [6.07, 6.45) is 3.88. The van der Waals surface area contributed by atoms with Gasteiger partial charge in [-0.05, 0) is 47.7 Å². The number of hydrogen-bond acceptors (Lipinski definition) is 2. The van der Waals surface area contributed by atoms with Crippen molar-refractivity contribution in [2.45, 2.75) is 26.7 Å². The maximum atomic E-state index is 6.30. The summed E-state index contributed by atoms with van der Waals surface area (Å²) >= 11 is 0. The van der Waals surface area contributed by atoms with Crippen LogP contribution in [0.5, 0.6) is 0 Å². The predicted octanol–water partition coefficient (Wildman–Crippen LogP) is 6.57. The molecule has 5 aromatic rings. The number of pyridine rings is 2. The fraction of sp³-hybridized carbons (Fsp3) is 0.185. The van der Waals surface area contributed by atoms with Gasteiger partial charge in [0.15, 0.2) is 11.8 Å². The zero-order chi connectivity index (χ0) is 20.8. The quantitative estimate of drug-likeness (QED) is 0.324. The molecule has 0 unspecified atom stereocenters. The van der Waals surface area contributed by atoms with E-state index in [0.29, 0.717) is 11.6 Å². The Labute approximate surface area is 176 Å². The minimum atomic E-state index is 0.484. The second-order valence-electron chi connectivity index (χ2n) is 8.25. The lowest BCUT2D eigenvalue weighted by atomic mass is 9.92. The van der Waals surface area contributed by atoms with Crippen LogP contribution in [0.3, 0.4) is 0 Å². The zero-order valence-corrected chi connectivity index (χ0v) is 17.8. The van der Waals surface area contributed by atoms with Crippen molar-refractivity contribution in [1.29, 1.82) is 0 Å². The van der Waals surface area contributed by atoms with E-state index >= 15 is 0 Å². The Hall–Kier alpha value is -3.46. The van der Waals surface area contributed by atoms with E-state index in [-0.39, 0.29) is 0 Å². The number of furan rings is 1. The maximum Gasteiger partial charge on any atom is 0.227 e. The van der Waals surface area contributed by atoms with Crippen LogP contribution < -0.4 is 4.57 Å². The van der Waals surface area contributed by atoms with Crippen LogP contribution in [0, 0.1) is 6.92 Å². The molecule has 0 amide bonds. The number of aromatic nitrogens is 2. The van der Waals surface area contributed by atoms with Gasteiger partial charge in [0.1, 0.15) is 7.05 Å². The molecule has 5 rings (SSSR count). The van der Waals surface area contributed by atoms with Crippen molar-refractivity contribution in [3.05, 3.63) is 84.2 Å². The molecule has 0 saturated heterocycles. The second kappa shape index (κ2) is 7.10. The van der Waals surface area contributed by atoms with E-state index in [1.165, 1.54) is 22.3 Å². The topological polar surface area (TPSA) is 29.9 Å². The average molecular weight is 394 g/mol. The molecular weight excluding hydrogens is 368 g/mol. The highest BCUT2D eigenvalue weighted by atomic mass is 16.3. The molecule has 2 aromatic carbocycles. The molecule has 3 heteroatoms. The van der Waals surface area contributed by atoms with Crippen LogP contribution in [0.25, 0.3) is 44.5 Å². The highest BCUT2D eigenvalue weighted by Crippen LogP contribution is 2.39. The van der Waals surface area contributed by atoms with Gasteiger partial charge >= 0.3 is 0 Å². The molecule has 0 aliphatic carbocycles. The average Bonchev–Trinajstić information content (AvgIpc) is 3.13. The van der Waals surface area contributed by atoms with Gasteiger partial charge in [-0.2, -0.15) is 0 Å². The van der Waals surface area contributed by atoms with Gasteiger partial charge in [-0.25, -0.2) is 9.55 Å². The van der Waals surface area contributed by atoms with Crippen LogP contribution in [0.4, 0.5) is 0 Å². The first-order valence-electron chi connectivity index (χ1n) is 10.4. The number of aryl methyl sites for hydroxylation is 2. The molecule has 148 valence electrons. The molecule has 0 radical (unpaired) electrons. The van der Waals surface area contributed by atoms with E-state index in [4.69, 9.17) is 4.42 Å². The van der Waals surface area contributed by atoms with Crippen molar-refractivity contribution in [3.8, 4) is 22.4 Å². The van der Waals surface area contributed by atoms with E-state index in [1.807, 2.05) is 6.07 Å². The fourth-order valence-corrected chi connectivity index (χ4v) is 4.29. The third kappa shape index (κ3) is 2.89. The van der Waals surface area contributed by atoms with Crippen molar-refractivity contribution in [1.82, 2.24) is 4.98 Å². The van der Waals surface area contributed by atoms with Gasteiger partial charge in [0.2, 0.25) is 11.4 Å². The van der Waals surface area contributed by atoms with Crippen LogP contribution in [0.2, 0.25) is 0 Å². The van der Waals surface area contributed by atoms with Crippen LogP contribution in [0.15, 0.2) is 77.5 Å². The summed E-state index contributed by atoms with van der Waals surface area (Å²) in [5, 5.41) is 2.15. The number of hydrogen-bond donors (Lipinski definition) is 0. The molecule has 0 atom stereocenters. The third-order valence-corrected chi connectivity index (χ3v) is 5.91. The number of rotatable bonds is 3. The molecule has 3 aromatic heterocycles. The van der Waals surface area contributed by atoms with Gasteiger partial charge in [-0.15, -0.1) is 0 Å². The Morgan fingerprint density at radius 1 is 0.933 bits per heavy atom. The predicted molar refractivity (Wildman–Crippen MR) is 122 cm³/mol. The Morgan fingerprint density at radius 3 is 2.63 bits per heavy atom. The van der Waals surface area contributed by atoms with E-state index < -0.39 is 0 Å². The smallest absolute Gasteiger partial charge is 0.227 e. The molecule has 0 N–H and O–H groups in total. The number of fused-ring (bicyclic) bond motifs is 3. The second-order valence-corrected chi connectivity index (χ2v) is 8.25. The first-order chi connectivity index (χ1) is 14.5. The summed E-state index contributed by atoms with van der Waals surface area (Å²) in [6, 6.07) is 21.5. The minimum Gasteiger partial charge on any atom is -0.437 e. The monoisotopic (exact) mass is 393 g/mol. The summed E-state index contributed by atoms with van der Waals surface area (Å²) in [6.45, 7) is 6.62. The van der Waals surface area contributed by atoms with Gasteiger partial charge in [0.25, 0.3) is 0 Å². The van der Waals surface area contributed by atoms with Crippen LogP contribution in [-0.2, 0) is 7.05 Å². The normalized spacial score (nSPS) is 11.6. The van der Waals surface area contributed by atoms with Gasteiger partial charge in [-0.1, -0.05) is 50.2 Å². The third-order valence-electron chi connectivity index (χ3n) is 5.91. The zero-order valence-electron chi connectivity index (χ0n) is 17.8. The lowest BCUT2D eigenvalue weighted by molar-refractivity contribution is -0.659. The SMILES string of the molecule is Cc1ccc2c(oc3ncccc32)c1-c1c(-c2cccc(C(C)C)c2)ccc[n+]1C. The van der Waals surface area contributed by atoms with Gasteiger partial charge < -0.3 is 4.42 Å². The summed E-state index contributed by atoms with van der Waals surface area (Å²) in [5.41, 5.74) is 8.80. The number of nitrogens with zero attached hydrogens (tertiary/aromatic N) is 2. The van der Waals surface area contributed by atoms with Gasteiger partial charge in [0.05, 0.1) is 11.1 Å². The van der Waals surface area contributed by atoms with Crippen LogP contribution in [-0.4, -0.2) is 4.98 Å². The lowest BCUT2D eigenvalue weighted by Crippen LogP contribution is -2.31. The molecule has 0 bridgehead atoms. The minimum absolute atomic E-state index is 0.484. The molecule has 0 fully saturated rings. The van der Waals surface area contributed by atoms with E-state index in [1.54, 1.807) is 6.20 Å². The highest BCUT2D eigenvalue weighted by Gasteiger charge is 2.25. The van der Waals surface area contributed by atoms with Crippen molar-refractivity contribution in [2.24, 2.45) is 7.05 Å². The first kappa shape index (κ1) is 18.6. The maximum absolute atomic E-state index is 6.30. The Kier molecular flexibility index (Phi) is 4.39. The van der Waals surface area contributed by atoms with E-state index in [2.05, 4.69) is 98.2 Å². The van der Waals surface area contributed by atoms with E-state index in [0.717, 1.165) is 27.6 Å². The Morgan fingerprint density at radius 2 is 1.80 bits per heavy atom. The van der Waals surface area contributed by atoms with Crippen molar-refractivity contribution < 1.29 is 8.98 Å². The first-order valence-corrected chi connectivity index (χ1v) is 10.4. The lowest BCUT2D eigenvalue weighted by Gasteiger charge is -2.12. The van der Waals surface area contributed by atoms with Crippen LogP contribution in [0.1, 0.15) is 30.9 Å². The fourth-order valence-electron chi connectivity index (χ4n) is 4.29. The Balaban J connectivity index is 1.85. The largest absolute Gasteiger partial charge is 0.437 e. The Bertz CT molecular complexity index is 1400. The van der Waals surface area contributed by atoms with Crippen molar-refractivity contribution in [2.75, 3.05) is 0 Å². The van der Waals surface area contributed by atoms with E-state index in [9.17, 15) is 0 Å². The molecule has 0 aliphatic heterocycles. The standard InChI is InChI=1S/C27H25N2O/c1-17(2)19-8-5-9-20(16-19)21-11-7-15-29(4)25(21)24-18(3)12-13-22-23-10-6-14-28-27(23)30-26(22)24/h5-17H,1-4H3/q+1. The van der Waals surface area contributed by atoms with Gasteiger partial charge in [0, 0.05) is 23.0 Å². The van der Waals surface area contributed by atoms with Crippen molar-refractivity contribution in [3.63, 3.8) is 0 Å². The van der Waals surface area contributed by atoms with Crippen molar-refractivity contribution >= 4 is 22.1 Å². The molecule has 30 heavy (non-hydrogen) atoms. The number of benzene rings is 2. The summed E-state index contributed by atoms with van der Waals surface area (Å²) < 4.78 is 8.50.